The lowest BCUT2D eigenvalue weighted by Gasteiger charge is -2.41. The molecular formula is C38H48N4O2. The number of nitrogens with zero attached hydrogens (tertiary/aromatic N) is 1. The fourth-order valence-electron chi connectivity index (χ4n) is 7.07. The molecule has 2 fully saturated rings. The Morgan fingerprint density at radius 2 is 1.66 bits per heavy atom. The number of fused-ring (bicyclic) bond motifs is 2. The molecule has 1 amide bonds. The van der Waals surface area contributed by atoms with Crippen molar-refractivity contribution in [2.75, 3.05) is 33.3 Å². The molecule has 2 aliphatic heterocycles. The third-order valence-corrected chi connectivity index (χ3v) is 9.83. The van der Waals surface area contributed by atoms with Crippen LogP contribution in [0.25, 0.3) is 5.57 Å². The van der Waals surface area contributed by atoms with Gasteiger partial charge in [0.1, 0.15) is 5.75 Å². The Kier molecular flexibility index (Phi) is 9.50. The molecule has 2 atom stereocenters. The number of hydrogen-bond donors (Lipinski definition) is 3. The zero-order chi connectivity index (χ0) is 30.6. The lowest BCUT2D eigenvalue weighted by molar-refractivity contribution is -0.128. The lowest BCUT2D eigenvalue weighted by Crippen LogP contribution is -2.60. The van der Waals surface area contributed by atoms with E-state index in [4.69, 9.17) is 4.74 Å². The Labute approximate surface area is 263 Å². The second-order valence-corrected chi connectivity index (χ2v) is 12.9. The van der Waals surface area contributed by atoms with Crippen molar-refractivity contribution in [3.8, 4) is 5.75 Å². The van der Waals surface area contributed by atoms with Crippen LogP contribution < -0.4 is 20.7 Å². The van der Waals surface area contributed by atoms with E-state index in [9.17, 15) is 4.79 Å². The molecule has 1 saturated heterocycles. The highest BCUT2D eigenvalue weighted by Gasteiger charge is 2.41. The number of amides is 1. The minimum atomic E-state index is 0.0263. The van der Waals surface area contributed by atoms with Crippen LogP contribution in [-0.4, -0.2) is 62.2 Å². The summed E-state index contributed by atoms with van der Waals surface area (Å²) in [5.74, 6) is 1.06. The molecule has 0 spiro atoms. The third kappa shape index (κ3) is 6.78. The van der Waals surface area contributed by atoms with Crippen LogP contribution in [0.15, 0.2) is 66.2 Å². The molecule has 1 saturated carbocycles. The maximum atomic E-state index is 14.5. The van der Waals surface area contributed by atoms with Gasteiger partial charge in [0.05, 0.1) is 13.2 Å². The van der Waals surface area contributed by atoms with Gasteiger partial charge < -0.3 is 25.6 Å². The van der Waals surface area contributed by atoms with Gasteiger partial charge in [-0.3, -0.25) is 4.79 Å². The van der Waals surface area contributed by atoms with Crippen molar-refractivity contribution in [3.05, 3.63) is 105 Å². The largest absolute Gasteiger partial charge is 0.496 e. The quantitative estimate of drug-likeness (QED) is 0.250. The van der Waals surface area contributed by atoms with E-state index >= 15 is 0 Å². The van der Waals surface area contributed by atoms with Gasteiger partial charge in [-0.1, -0.05) is 54.6 Å². The molecule has 0 aromatic heterocycles. The van der Waals surface area contributed by atoms with Crippen molar-refractivity contribution >= 4 is 11.5 Å². The maximum Gasteiger partial charge on any atom is 0.252 e. The Bertz CT molecular complexity index is 1490. The standard InChI is InChI=1S/C38H48N4O2/c1-25-7-5-8-26(2)33(25)18-20-39-19-17-28-11-13-29(14-12-28)34-21-31-22-40-23-35(41-31)37(34)38(43)42(32-15-16-32)24-30-9-6-10-36(44-4)27(30)3/h5-14,31-32,35,39-41H,15-24H2,1-4H3/t31?,35-/m1/s1. The van der Waals surface area contributed by atoms with E-state index in [1.165, 1.54) is 33.4 Å². The number of nitrogens with one attached hydrogen (secondary N) is 3. The lowest BCUT2D eigenvalue weighted by atomic mass is 9.83. The Balaban J connectivity index is 1.17. The molecule has 3 aromatic carbocycles. The number of carbonyl (C=O) groups is 1. The number of methoxy groups -OCH3 is 1. The summed E-state index contributed by atoms with van der Waals surface area (Å²) in [6.45, 7) is 10.8. The molecule has 44 heavy (non-hydrogen) atoms. The van der Waals surface area contributed by atoms with Gasteiger partial charge in [-0.25, -0.2) is 0 Å². The number of rotatable bonds is 12. The van der Waals surface area contributed by atoms with Crippen molar-refractivity contribution in [1.29, 1.82) is 0 Å². The summed E-state index contributed by atoms with van der Waals surface area (Å²) in [4.78, 5) is 16.6. The Hall–Kier alpha value is -3.45. The van der Waals surface area contributed by atoms with E-state index in [-0.39, 0.29) is 11.9 Å². The number of ether oxygens (including phenoxy) is 1. The first-order valence-corrected chi connectivity index (χ1v) is 16.4. The van der Waals surface area contributed by atoms with Gasteiger partial charge >= 0.3 is 0 Å². The minimum Gasteiger partial charge on any atom is -0.496 e. The fraction of sp³-hybridized carbons (Fsp3) is 0.447. The molecule has 232 valence electrons. The zero-order valence-electron chi connectivity index (χ0n) is 26.8. The van der Waals surface area contributed by atoms with E-state index in [2.05, 4.69) is 90.2 Å². The SMILES string of the molecule is COc1cccc(CN(C(=O)C2=C(c3ccc(CCNCCc4c(C)cccc4C)cc3)CC3CNC[C@H]2N3)C2CC2)c1C. The highest BCUT2D eigenvalue weighted by Crippen LogP contribution is 2.37. The molecule has 2 heterocycles. The second kappa shape index (κ2) is 13.7. The van der Waals surface area contributed by atoms with E-state index in [1.807, 2.05) is 12.1 Å². The number of aryl methyl sites for hydroxylation is 2. The maximum absolute atomic E-state index is 14.5. The van der Waals surface area contributed by atoms with Crippen LogP contribution in [0.1, 0.15) is 58.2 Å². The first-order chi connectivity index (χ1) is 21.4. The number of piperazine rings is 1. The smallest absolute Gasteiger partial charge is 0.252 e. The van der Waals surface area contributed by atoms with Crippen molar-refractivity contribution in [2.24, 2.45) is 0 Å². The molecule has 6 rings (SSSR count). The Morgan fingerprint density at radius 3 is 2.39 bits per heavy atom. The van der Waals surface area contributed by atoms with E-state index < -0.39 is 0 Å². The summed E-state index contributed by atoms with van der Waals surface area (Å²) in [6.07, 6.45) is 5.06. The summed E-state index contributed by atoms with van der Waals surface area (Å²) in [5, 5.41) is 11.0. The van der Waals surface area contributed by atoms with Gasteiger partial charge in [0.25, 0.3) is 5.91 Å². The van der Waals surface area contributed by atoms with E-state index in [0.29, 0.717) is 18.6 Å². The van der Waals surface area contributed by atoms with Gasteiger partial charge in [0, 0.05) is 37.3 Å². The first kappa shape index (κ1) is 30.6. The van der Waals surface area contributed by atoms with Gasteiger partial charge in [0.15, 0.2) is 0 Å². The van der Waals surface area contributed by atoms with Gasteiger partial charge in [0.2, 0.25) is 0 Å². The zero-order valence-corrected chi connectivity index (χ0v) is 26.8. The summed E-state index contributed by atoms with van der Waals surface area (Å²) >= 11 is 0. The summed E-state index contributed by atoms with van der Waals surface area (Å²) in [7, 11) is 1.71. The predicted octanol–water partition coefficient (Wildman–Crippen LogP) is 5.27. The molecular weight excluding hydrogens is 544 g/mol. The van der Waals surface area contributed by atoms with Crippen molar-refractivity contribution in [1.82, 2.24) is 20.9 Å². The van der Waals surface area contributed by atoms with Gasteiger partial charge in [-0.15, -0.1) is 0 Å². The van der Waals surface area contributed by atoms with E-state index in [0.717, 1.165) is 80.7 Å². The second-order valence-electron chi connectivity index (χ2n) is 12.9. The molecule has 1 unspecified atom stereocenters. The molecule has 0 radical (unpaired) electrons. The van der Waals surface area contributed by atoms with Gasteiger partial charge in [-0.2, -0.15) is 0 Å². The molecule has 3 N–H and O–H groups in total. The first-order valence-electron chi connectivity index (χ1n) is 16.4. The number of carbonyl (C=O) groups excluding carboxylic acids is 1. The highest BCUT2D eigenvalue weighted by atomic mass is 16.5. The topological polar surface area (TPSA) is 65.6 Å². The molecule has 3 aromatic rings. The van der Waals surface area contributed by atoms with Crippen LogP contribution in [0.3, 0.4) is 0 Å². The molecule has 2 bridgehead atoms. The minimum absolute atomic E-state index is 0.0263. The monoisotopic (exact) mass is 592 g/mol. The Morgan fingerprint density at radius 1 is 0.932 bits per heavy atom. The van der Waals surface area contributed by atoms with Crippen LogP contribution in [0, 0.1) is 20.8 Å². The van der Waals surface area contributed by atoms with Crippen molar-refractivity contribution in [3.63, 3.8) is 0 Å². The molecule has 1 aliphatic carbocycles. The average Bonchev–Trinajstić information content (AvgIpc) is 3.87. The normalized spacial score (nSPS) is 19.6. The van der Waals surface area contributed by atoms with Crippen LogP contribution in [0.2, 0.25) is 0 Å². The van der Waals surface area contributed by atoms with E-state index in [1.54, 1.807) is 7.11 Å². The van der Waals surface area contributed by atoms with Crippen LogP contribution >= 0.6 is 0 Å². The number of benzene rings is 3. The van der Waals surface area contributed by atoms with Crippen molar-refractivity contribution in [2.45, 2.75) is 77.5 Å². The van der Waals surface area contributed by atoms with Crippen LogP contribution in [0.5, 0.6) is 5.75 Å². The van der Waals surface area contributed by atoms with Crippen molar-refractivity contribution < 1.29 is 9.53 Å². The van der Waals surface area contributed by atoms with Crippen LogP contribution in [-0.2, 0) is 24.2 Å². The van der Waals surface area contributed by atoms with Crippen LogP contribution in [0.4, 0.5) is 0 Å². The third-order valence-electron chi connectivity index (χ3n) is 9.83. The molecule has 6 heteroatoms. The molecule has 3 aliphatic rings. The summed E-state index contributed by atoms with van der Waals surface area (Å²) in [5.41, 5.74) is 11.2. The number of hydrogen-bond acceptors (Lipinski definition) is 5. The fourth-order valence-corrected chi connectivity index (χ4v) is 7.07. The summed E-state index contributed by atoms with van der Waals surface area (Å²) in [6, 6.07) is 22.4. The molecule has 6 nitrogen and oxygen atoms in total. The highest BCUT2D eigenvalue weighted by molar-refractivity contribution is 6.03. The average molecular weight is 593 g/mol. The summed E-state index contributed by atoms with van der Waals surface area (Å²) < 4.78 is 5.59. The van der Waals surface area contributed by atoms with Gasteiger partial charge in [-0.05, 0) is 117 Å². The predicted molar refractivity (Wildman–Crippen MR) is 179 cm³/mol.